The smallest absolute Gasteiger partial charge is 0.320 e. The molecule has 0 spiro atoms. The number of anilines is 1. The molecule has 1 aromatic carbocycles. The number of pyridine rings is 1. The van der Waals surface area contributed by atoms with Crippen molar-refractivity contribution in [2.45, 2.75) is 19.9 Å². The summed E-state index contributed by atoms with van der Waals surface area (Å²) in [5.41, 5.74) is 3.27. The van der Waals surface area contributed by atoms with Crippen LogP contribution in [0.3, 0.4) is 0 Å². The number of rotatable bonds is 8. The number of aryl methyl sites for hydroxylation is 1. The molecule has 1 aliphatic heterocycles. The summed E-state index contributed by atoms with van der Waals surface area (Å²) in [7, 11) is -7.33. The molecular weight excluding hydrogens is 576 g/mol. The molecule has 4 rings (SSSR count). The lowest BCUT2D eigenvalue weighted by Crippen LogP contribution is -2.36. The van der Waals surface area contributed by atoms with Crippen LogP contribution in [0.2, 0.25) is 0 Å². The lowest BCUT2D eigenvalue weighted by molar-refractivity contribution is 0.122. The van der Waals surface area contributed by atoms with E-state index in [0.29, 0.717) is 57.1 Å². The maximum atomic E-state index is 9.19. The van der Waals surface area contributed by atoms with Crippen molar-refractivity contribution < 1.29 is 35.4 Å². The molecule has 0 bridgehead atoms. The van der Waals surface area contributed by atoms with Gasteiger partial charge in [0.1, 0.15) is 5.82 Å². The van der Waals surface area contributed by atoms with E-state index >= 15 is 0 Å². The molecule has 0 atom stereocenters. The largest absolute Gasteiger partial charge is 0.463 e. The van der Waals surface area contributed by atoms with Gasteiger partial charge in [0, 0.05) is 37.5 Å². The third kappa shape index (κ3) is 17.0. The first-order valence-corrected chi connectivity index (χ1v) is 16.0. The number of morpholine rings is 1. The molecule has 224 valence electrons. The van der Waals surface area contributed by atoms with Crippen LogP contribution in [0.25, 0.3) is 0 Å². The Hall–Kier alpha value is -3.57. The number of azo groups is 1. The van der Waals surface area contributed by atoms with Crippen LogP contribution in [0.15, 0.2) is 65.0 Å². The number of nitrogens with zero attached hydrogens (tertiary/aromatic N) is 6. The van der Waals surface area contributed by atoms with Crippen LogP contribution in [0.1, 0.15) is 16.8 Å². The maximum absolute atomic E-state index is 9.19. The molecule has 0 radical (unpaired) electrons. The zero-order chi connectivity index (χ0) is 30.3. The maximum Gasteiger partial charge on any atom is 0.320 e. The quantitative estimate of drug-likeness (QED) is 0.280. The van der Waals surface area contributed by atoms with Gasteiger partial charge in [-0.1, -0.05) is 35.9 Å². The highest BCUT2D eigenvalue weighted by atomic mass is 32.2. The molecule has 0 aliphatic carbocycles. The van der Waals surface area contributed by atoms with Crippen LogP contribution in [-0.2, 0) is 37.9 Å². The predicted molar refractivity (Wildman–Crippen MR) is 153 cm³/mol. The van der Waals surface area contributed by atoms with Gasteiger partial charge in [0.15, 0.2) is 5.82 Å². The SMILES string of the molecule is CS(=O)(=O)O.CS(=O)(=O)O.Cc1cccc(CN=Nc2cc(N3CCOCC3)nc(OCCc3ccccn3)n2)c1. The molecule has 2 N–H and O–H groups in total. The molecule has 1 fully saturated rings. The van der Waals surface area contributed by atoms with E-state index in [9.17, 15) is 16.8 Å². The molecule has 3 heterocycles. The highest BCUT2D eigenvalue weighted by Gasteiger charge is 2.16. The van der Waals surface area contributed by atoms with E-state index in [1.54, 1.807) is 6.20 Å². The average Bonchev–Trinajstić information content (AvgIpc) is 2.88. The minimum atomic E-state index is -3.67. The number of hydrogen-bond acceptors (Lipinski definition) is 12. The Kier molecular flexibility index (Phi) is 13.6. The Labute approximate surface area is 240 Å². The minimum Gasteiger partial charge on any atom is -0.463 e. The molecular formula is C25H34N6O8S2. The molecule has 2 aromatic heterocycles. The van der Waals surface area contributed by atoms with Gasteiger partial charge in [-0.2, -0.15) is 31.9 Å². The molecule has 3 aromatic rings. The van der Waals surface area contributed by atoms with Gasteiger partial charge in [-0.05, 0) is 24.6 Å². The lowest BCUT2D eigenvalue weighted by Gasteiger charge is -2.27. The molecule has 14 nitrogen and oxygen atoms in total. The molecule has 16 heteroatoms. The number of ether oxygens (including phenoxy) is 2. The summed E-state index contributed by atoms with van der Waals surface area (Å²) in [6, 6.07) is 16.2. The van der Waals surface area contributed by atoms with E-state index in [2.05, 4.69) is 49.1 Å². The van der Waals surface area contributed by atoms with Gasteiger partial charge in [0.05, 0.1) is 38.9 Å². The monoisotopic (exact) mass is 610 g/mol. The van der Waals surface area contributed by atoms with Crippen molar-refractivity contribution in [2.75, 3.05) is 50.3 Å². The second kappa shape index (κ2) is 16.6. The second-order valence-electron chi connectivity index (χ2n) is 8.74. The Bertz CT molecular complexity index is 1420. The van der Waals surface area contributed by atoms with E-state index in [0.717, 1.165) is 30.2 Å². The van der Waals surface area contributed by atoms with Gasteiger partial charge in [-0.3, -0.25) is 14.1 Å². The van der Waals surface area contributed by atoms with Gasteiger partial charge in [0.25, 0.3) is 20.2 Å². The predicted octanol–water partition coefficient (Wildman–Crippen LogP) is 2.93. The van der Waals surface area contributed by atoms with E-state index < -0.39 is 20.2 Å². The number of aromatic nitrogens is 3. The van der Waals surface area contributed by atoms with Crippen molar-refractivity contribution in [3.8, 4) is 6.01 Å². The normalized spacial score (nSPS) is 13.5. The summed E-state index contributed by atoms with van der Waals surface area (Å²) in [5, 5.41) is 8.67. The van der Waals surface area contributed by atoms with Crippen LogP contribution < -0.4 is 9.64 Å². The van der Waals surface area contributed by atoms with Crippen LogP contribution in [0.4, 0.5) is 11.6 Å². The Morgan fingerprint density at radius 3 is 2.27 bits per heavy atom. The van der Waals surface area contributed by atoms with Crippen molar-refractivity contribution in [3.63, 3.8) is 0 Å². The van der Waals surface area contributed by atoms with Gasteiger partial charge < -0.3 is 14.4 Å². The summed E-state index contributed by atoms with van der Waals surface area (Å²) in [6.45, 7) is 5.87. The second-order valence-corrected chi connectivity index (χ2v) is 11.7. The van der Waals surface area contributed by atoms with E-state index in [1.165, 1.54) is 5.56 Å². The fourth-order valence-corrected chi connectivity index (χ4v) is 3.26. The standard InChI is InChI=1S/C23H26N6O2.2CH4O3S/c1-18-5-4-6-19(15-18)17-25-28-21-16-22(29-10-13-30-14-11-29)27-23(26-21)31-12-8-20-7-2-3-9-24-20;2*1-5(2,3)4/h2-7,9,15-16H,8,10-14,17H2,1H3;2*1H3,(H,2,3,4). The van der Waals surface area contributed by atoms with Crippen molar-refractivity contribution in [3.05, 3.63) is 71.5 Å². The Morgan fingerprint density at radius 1 is 0.976 bits per heavy atom. The fraction of sp³-hybridized carbons (Fsp3) is 0.400. The van der Waals surface area contributed by atoms with Gasteiger partial charge >= 0.3 is 6.01 Å². The Morgan fingerprint density at radius 2 is 1.66 bits per heavy atom. The third-order valence-corrected chi connectivity index (χ3v) is 4.84. The molecule has 0 saturated carbocycles. The van der Waals surface area contributed by atoms with Gasteiger partial charge in [-0.25, -0.2) is 0 Å². The molecule has 41 heavy (non-hydrogen) atoms. The van der Waals surface area contributed by atoms with Crippen molar-refractivity contribution >= 4 is 31.9 Å². The van der Waals surface area contributed by atoms with Gasteiger partial charge in [-0.15, -0.1) is 5.11 Å². The average molecular weight is 611 g/mol. The first-order chi connectivity index (χ1) is 19.3. The van der Waals surface area contributed by atoms with Crippen LogP contribution in [0, 0.1) is 6.92 Å². The topological polar surface area (TPSA) is 194 Å². The summed E-state index contributed by atoms with van der Waals surface area (Å²) in [5.74, 6) is 1.26. The summed E-state index contributed by atoms with van der Waals surface area (Å²) >= 11 is 0. The summed E-state index contributed by atoms with van der Waals surface area (Å²) in [4.78, 5) is 15.5. The van der Waals surface area contributed by atoms with E-state index in [-0.39, 0.29) is 0 Å². The Balaban J connectivity index is 0.000000507. The zero-order valence-corrected chi connectivity index (χ0v) is 24.6. The van der Waals surface area contributed by atoms with Gasteiger partial charge in [0.2, 0.25) is 0 Å². The first-order valence-electron chi connectivity index (χ1n) is 12.3. The van der Waals surface area contributed by atoms with Crippen LogP contribution >= 0.6 is 0 Å². The molecule has 1 saturated heterocycles. The van der Waals surface area contributed by atoms with E-state index in [4.69, 9.17) is 18.6 Å². The van der Waals surface area contributed by atoms with Crippen molar-refractivity contribution in [2.24, 2.45) is 10.2 Å². The van der Waals surface area contributed by atoms with Crippen molar-refractivity contribution in [1.29, 1.82) is 0 Å². The minimum absolute atomic E-state index is 0.296. The van der Waals surface area contributed by atoms with Crippen molar-refractivity contribution in [1.82, 2.24) is 15.0 Å². The summed E-state index contributed by atoms with van der Waals surface area (Å²) < 4.78 is 63.0. The van der Waals surface area contributed by atoms with Crippen LogP contribution in [0.5, 0.6) is 6.01 Å². The molecule has 0 amide bonds. The number of benzene rings is 1. The lowest BCUT2D eigenvalue weighted by atomic mass is 10.1. The van der Waals surface area contributed by atoms with E-state index in [1.807, 2.05) is 36.4 Å². The highest BCUT2D eigenvalue weighted by Crippen LogP contribution is 2.23. The molecule has 1 aliphatic rings. The number of hydrogen-bond donors (Lipinski definition) is 2. The highest BCUT2D eigenvalue weighted by molar-refractivity contribution is 7.85. The fourth-order valence-electron chi connectivity index (χ4n) is 3.26. The zero-order valence-electron chi connectivity index (χ0n) is 23.0. The van der Waals surface area contributed by atoms with Crippen LogP contribution in [-0.4, -0.2) is 86.3 Å². The third-order valence-electron chi connectivity index (χ3n) is 4.84. The molecule has 0 unspecified atom stereocenters. The first kappa shape index (κ1) is 33.6. The summed E-state index contributed by atoms with van der Waals surface area (Å²) in [6.07, 6.45) is 3.88.